The number of piperidine rings is 1. The molecule has 5 aromatic rings. The second kappa shape index (κ2) is 10.8. The van der Waals surface area contributed by atoms with E-state index in [1.165, 1.54) is 7.11 Å². The van der Waals surface area contributed by atoms with Gasteiger partial charge in [-0.05, 0) is 56.0 Å². The Morgan fingerprint density at radius 1 is 1.17 bits per heavy atom. The standard InChI is InChI=1S/C30H33ClN8O3/c1-17-11-21(18(2)34-24-8-9-25(31)35-27(24)19-13-32-36(3)15-19)26-22(12-17)29(40)37(4)28-23(26)14-33-39(28)20-7-6-10-38(16-20)30(41)42-5/h8-9,11-15,18,20,34H,6-7,10,16H2,1-5H3. The average molecular weight is 589 g/mol. The summed E-state index contributed by atoms with van der Waals surface area (Å²) in [6, 6.07) is 7.44. The molecule has 1 aliphatic heterocycles. The molecule has 1 amide bonds. The van der Waals surface area contributed by atoms with Gasteiger partial charge in [0.05, 0.1) is 36.9 Å². The third-order valence-electron chi connectivity index (χ3n) is 8.06. The number of hydrogen-bond acceptors (Lipinski definition) is 7. The van der Waals surface area contributed by atoms with Crippen LogP contribution in [0.15, 0.2) is 47.7 Å². The first-order valence-electron chi connectivity index (χ1n) is 13.9. The molecule has 1 fully saturated rings. The summed E-state index contributed by atoms with van der Waals surface area (Å²) in [7, 11) is 5.03. The fraction of sp³-hybridized carbons (Fsp3) is 0.367. The van der Waals surface area contributed by atoms with Crippen molar-refractivity contribution in [2.75, 3.05) is 25.5 Å². The third kappa shape index (κ3) is 4.77. The van der Waals surface area contributed by atoms with Gasteiger partial charge >= 0.3 is 6.09 Å². The lowest BCUT2D eigenvalue weighted by molar-refractivity contribution is 0.102. The molecular formula is C30H33ClN8O3. The molecule has 11 nitrogen and oxygen atoms in total. The van der Waals surface area contributed by atoms with E-state index in [4.69, 9.17) is 21.4 Å². The fourth-order valence-electron chi connectivity index (χ4n) is 6.11. The van der Waals surface area contributed by atoms with Crippen LogP contribution in [0, 0.1) is 6.92 Å². The highest BCUT2D eigenvalue weighted by molar-refractivity contribution is 6.29. The summed E-state index contributed by atoms with van der Waals surface area (Å²) >= 11 is 6.28. The van der Waals surface area contributed by atoms with Crippen molar-refractivity contribution in [1.29, 1.82) is 0 Å². The van der Waals surface area contributed by atoms with Gasteiger partial charge in [-0.2, -0.15) is 10.2 Å². The van der Waals surface area contributed by atoms with E-state index in [2.05, 4.69) is 28.4 Å². The van der Waals surface area contributed by atoms with E-state index < -0.39 is 0 Å². The molecule has 0 spiro atoms. The van der Waals surface area contributed by atoms with Crippen molar-refractivity contribution in [3.8, 4) is 11.3 Å². The number of nitrogens with zero attached hydrogens (tertiary/aromatic N) is 7. The number of ether oxygens (including phenoxy) is 1. The Morgan fingerprint density at radius 3 is 2.71 bits per heavy atom. The van der Waals surface area contributed by atoms with Crippen molar-refractivity contribution < 1.29 is 9.53 Å². The minimum absolute atomic E-state index is 0.0787. The molecule has 1 aliphatic rings. The molecule has 42 heavy (non-hydrogen) atoms. The van der Waals surface area contributed by atoms with Crippen molar-refractivity contribution in [3.63, 3.8) is 0 Å². The number of benzene rings is 1. The van der Waals surface area contributed by atoms with Crippen LogP contribution in [0.3, 0.4) is 0 Å². The predicted octanol–water partition coefficient (Wildman–Crippen LogP) is 5.22. The molecule has 1 N–H and O–H groups in total. The first-order valence-corrected chi connectivity index (χ1v) is 14.3. The van der Waals surface area contributed by atoms with Gasteiger partial charge in [-0.25, -0.2) is 14.5 Å². The average Bonchev–Trinajstić information content (AvgIpc) is 3.62. The Morgan fingerprint density at radius 2 is 1.98 bits per heavy atom. The van der Waals surface area contributed by atoms with Crippen molar-refractivity contribution >= 4 is 45.2 Å². The van der Waals surface area contributed by atoms with Gasteiger partial charge < -0.3 is 15.0 Å². The van der Waals surface area contributed by atoms with Crippen molar-refractivity contribution in [1.82, 2.24) is 34.0 Å². The lowest BCUT2D eigenvalue weighted by Crippen LogP contribution is -2.41. The van der Waals surface area contributed by atoms with Gasteiger partial charge in [0.15, 0.2) is 0 Å². The molecule has 0 saturated carbocycles. The SMILES string of the molecule is COC(=O)N1CCCC(n2ncc3c4c(C(C)Nc5ccc(Cl)nc5-c5cnn(C)c5)cc(C)cc4c(=O)n(C)c32)C1. The van der Waals surface area contributed by atoms with Gasteiger partial charge in [0.25, 0.3) is 5.56 Å². The highest BCUT2D eigenvalue weighted by atomic mass is 35.5. The molecule has 0 radical (unpaired) electrons. The van der Waals surface area contributed by atoms with Crippen molar-refractivity contribution in [2.24, 2.45) is 14.1 Å². The fourth-order valence-corrected chi connectivity index (χ4v) is 6.26. The maximum absolute atomic E-state index is 13.8. The van der Waals surface area contributed by atoms with E-state index in [0.29, 0.717) is 29.3 Å². The normalized spacial score (nSPS) is 16.2. The molecule has 1 aromatic carbocycles. The maximum atomic E-state index is 13.8. The number of rotatable bonds is 5. The highest BCUT2D eigenvalue weighted by Crippen LogP contribution is 2.36. The summed E-state index contributed by atoms with van der Waals surface area (Å²) in [5.74, 6) is 0. The van der Waals surface area contributed by atoms with Gasteiger partial charge in [-0.1, -0.05) is 17.7 Å². The molecule has 2 unspecified atom stereocenters. The number of carbonyl (C=O) groups is 1. The van der Waals surface area contributed by atoms with Crippen LogP contribution in [-0.4, -0.2) is 60.3 Å². The number of halogens is 1. The number of likely N-dealkylation sites (tertiary alicyclic amines) is 1. The second-order valence-corrected chi connectivity index (χ2v) is 11.4. The van der Waals surface area contributed by atoms with Gasteiger partial charge in [0, 0.05) is 61.1 Å². The lowest BCUT2D eigenvalue weighted by Gasteiger charge is -2.32. The maximum Gasteiger partial charge on any atom is 0.409 e. The second-order valence-electron chi connectivity index (χ2n) is 11.0. The molecule has 1 saturated heterocycles. The number of hydrogen-bond donors (Lipinski definition) is 1. The van der Waals surface area contributed by atoms with Crippen LogP contribution in [0.1, 0.15) is 43.0 Å². The number of amides is 1. The number of carbonyl (C=O) groups excluding carboxylic acids is 1. The lowest BCUT2D eigenvalue weighted by atomic mass is 9.95. The molecule has 6 rings (SSSR count). The number of aromatic nitrogens is 6. The number of nitrogens with one attached hydrogen (secondary N) is 1. The van der Waals surface area contributed by atoms with Crippen LogP contribution >= 0.6 is 11.6 Å². The van der Waals surface area contributed by atoms with Crippen molar-refractivity contribution in [3.05, 3.63) is 69.5 Å². The zero-order valence-corrected chi connectivity index (χ0v) is 25.0. The van der Waals surface area contributed by atoms with E-state index >= 15 is 0 Å². The minimum atomic E-state index is -0.351. The molecular weight excluding hydrogens is 556 g/mol. The molecule has 5 heterocycles. The minimum Gasteiger partial charge on any atom is -0.453 e. The molecule has 218 valence electrons. The number of aryl methyl sites for hydroxylation is 3. The van der Waals surface area contributed by atoms with Gasteiger partial charge in [0.1, 0.15) is 10.8 Å². The number of fused-ring (bicyclic) bond motifs is 3. The molecule has 0 aliphatic carbocycles. The van der Waals surface area contributed by atoms with Crippen LogP contribution in [0.5, 0.6) is 0 Å². The van der Waals surface area contributed by atoms with Gasteiger partial charge in [0.2, 0.25) is 0 Å². The summed E-state index contributed by atoms with van der Waals surface area (Å²) in [5, 5.41) is 15.5. The third-order valence-corrected chi connectivity index (χ3v) is 8.27. The number of methoxy groups -OCH3 is 1. The molecule has 12 heteroatoms. The van der Waals surface area contributed by atoms with Gasteiger partial charge in [-0.15, -0.1) is 0 Å². The first kappa shape index (κ1) is 27.8. The van der Waals surface area contributed by atoms with Crippen LogP contribution in [-0.2, 0) is 18.8 Å². The van der Waals surface area contributed by atoms with Crippen molar-refractivity contribution in [2.45, 2.75) is 38.8 Å². The van der Waals surface area contributed by atoms with Crippen LogP contribution in [0.4, 0.5) is 10.5 Å². The number of pyridine rings is 2. The summed E-state index contributed by atoms with van der Waals surface area (Å²) in [6.07, 6.45) is 6.80. The molecule has 0 bridgehead atoms. The summed E-state index contributed by atoms with van der Waals surface area (Å²) in [5.41, 5.74) is 4.93. The Bertz CT molecular complexity index is 1890. The number of anilines is 1. The highest BCUT2D eigenvalue weighted by Gasteiger charge is 2.29. The molecule has 4 aromatic heterocycles. The smallest absolute Gasteiger partial charge is 0.409 e. The topological polar surface area (TPSA) is 112 Å². The van der Waals surface area contributed by atoms with Crippen LogP contribution in [0.2, 0.25) is 5.15 Å². The summed E-state index contributed by atoms with van der Waals surface area (Å²) in [6.45, 7) is 5.17. The monoisotopic (exact) mass is 588 g/mol. The van der Waals surface area contributed by atoms with Crippen LogP contribution < -0.4 is 10.9 Å². The van der Waals surface area contributed by atoms with E-state index in [9.17, 15) is 9.59 Å². The van der Waals surface area contributed by atoms with Crippen LogP contribution in [0.25, 0.3) is 33.1 Å². The zero-order valence-electron chi connectivity index (χ0n) is 24.3. The Balaban J connectivity index is 1.47. The Hall–Kier alpha value is -4.38. The van der Waals surface area contributed by atoms with Gasteiger partial charge in [-0.3, -0.25) is 14.0 Å². The predicted molar refractivity (Wildman–Crippen MR) is 163 cm³/mol. The van der Waals surface area contributed by atoms with E-state index in [-0.39, 0.29) is 23.7 Å². The molecule has 2 atom stereocenters. The van der Waals surface area contributed by atoms with E-state index in [1.807, 2.05) is 43.2 Å². The summed E-state index contributed by atoms with van der Waals surface area (Å²) in [4.78, 5) is 32.4. The summed E-state index contributed by atoms with van der Waals surface area (Å²) < 4.78 is 10.3. The first-order chi connectivity index (χ1) is 20.2. The van der Waals surface area contributed by atoms with E-state index in [1.54, 1.807) is 33.5 Å². The van der Waals surface area contributed by atoms with E-state index in [0.717, 1.165) is 51.6 Å². The Kier molecular flexibility index (Phi) is 7.14. The zero-order chi connectivity index (χ0) is 29.7. The quantitative estimate of drug-likeness (QED) is 0.280. The Labute approximate surface area is 247 Å². The largest absolute Gasteiger partial charge is 0.453 e.